The molecule has 1 aromatic carbocycles. The van der Waals surface area contributed by atoms with Gasteiger partial charge in [0.15, 0.2) is 5.69 Å². The minimum atomic E-state index is -0.468. The molecule has 22 heavy (non-hydrogen) atoms. The lowest BCUT2D eigenvalue weighted by atomic mass is 10.1. The van der Waals surface area contributed by atoms with Crippen LogP contribution >= 0.6 is 28.3 Å². The predicted octanol–water partition coefficient (Wildman–Crippen LogP) is 2.23. The van der Waals surface area contributed by atoms with E-state index < -0.39 is 5.54 Å². The zero-order chi connectivity index (χ0) is 15.6. The Hall–Kier alpha value is -1.44. The van der Waals surface area contributed by atoms with Crippen molar-refractivity contribution in [1.29, 1.82) is 0 Å². The molecular formula is C14H19BrClN5O. The number of hydrogen-bond donors (Lipinski definition) is 2. The van der Waals surface area contributed by atoms with Gasteiger partial charge in [0.05, 0.1) is 11.4 Å². The molecule has 3 N–H and O–H groups in total. The minimum absolute atomic E-state index is 0. The van der Waals surface area contributed by atoms with E-state index in [9.17, 15) is 4.79 Å². The van der Waals surface area contributed by atoms with Crippen LogP contribution in [0.15, 0.2) is 28.7 Å². The van der Waals surface area contributed by atoms with Crippen LogP contribution in [0, 0.1) is 6.92 Å². The molecule has 1 amide bonds. The molecule has 0 aliphatic carbocycles. The van der Waals surface area contributed by atoms with Gasteiger partial charge in [0.2, 0.25) is 0 Å². The molecule has 8 heteroatoms. The highest BCUT2D eigenvalue weighted by atomic mass is 79.9. The second kappa shape index (κ2) is 7.21. The fraction of sp³-hybridized carbons (Fsp3) is 0.357. The molecule has 0 aliphatic rings. The van der Waals surface area contributed by atoms with Gasteiger partial charge in [0.25, 0.3) is 5.91 Å². The van der Waals surface area contributed by atoms with Gasteiger partial charge in [-0.15, -0.1) is 17.5 Å². The van der Waals surface area contributed by atoms with Crippen LogP contribution in [0.1, 0.15) is 30.0 Å². The van der Waals surface area contributed by atoms with E-state index in [1.165, 1.54) is 0 Å². The van der Waals surface area contributed by atoms with E-state index in [1.807, 2.05) is 45.0 Å². The molecule has 0 spiro atoms. The van der Waals surface area contributed by atoms with E-state index in [0.717, 1.165) is 10.2 Å². The van der Waals surface area contributed by atoms with E-state index in [2.05, 4.69) is 31.6 Å². The van der Waals surface area contributed by atoms with Crippen LogP contribution < -0.4 is 11.1 Å². The summed E-state index contributed by atoms with van der Waals surface area (Å²) < 4.78 is 2.57. The Balaban J connectivity index is 0.00000242. The van der Waals surface area contributed by atoms with Gasteiger partial charge in [-0.2, -0.15) is 0 Å². The maximum Gasteiger partial charge on any atom is 0.273 e. The summed E-state index contributed by atoms with van der Waals surface area (Å²) in [6.07, 6.45) is 0. The highest BCUT2D eigenvalue weighted by molar-refractivity contribution is 9.10. The van der Waals surface area contributed by atoms with Gasteiger partial charge < -0.3 is 11.1 Å². The van der Waals surface area contributed by atoms with Crippen molar-refractivity contribution in [2.45, 2.75) is 26.3 Å². The molecule has 2 rings (SSSR count). The molecule has 1 heterocycles. The van der Waals surface area contributed by atoms with Crippen molar-refractivity contribution in [3.63, 3.8) is 0 Å². The van der Waals surface area contributed by atoms with Gasteiger partial charge in [-0.1, -0.05) is 27.2 Å². The number of rotatable bonds is 4. The number of nitrogens with one attached hydrogen (secondary N) is 1. The lowest BCUT2D eigenvalue weighted by Gasteiger charge is -2.18. The molecule has 0 saturated carbocycles. The first-order valence-electron chi connectivity index (χ1n) is 6.53. The van der Waals surface area contributed by atoms with E-state index in [0.29, 0.717) is 17.9 Å². The maximum absolute atomic E-state index is 12.1. The van der Waals surface area contributed by atoms with Crippen LogP contribution in [0.3, 0.4) is 0 Å². The van der Waals surface area contributed by atoms with Crippen molar-refractivity contribution in [3.8, 4) is 5.69 Å². The summed E-state index contributed by atoms with van der Waals surface area (Å²) in [5.41, 5.74) is 7.21. The molecule has 0 saturated heterocycles. The van der Waals surface area contributed by atoms with Gasteiger partial charge in [-0.3, -0.25) is 4.79 Å². The SMILES string of the molecule is Cc1c(C(=O)NCC(C)(C)N)nnn1-c1cccc(Br)c1.Cl. The van der Waals surface area contributed by atoms with Crippen LogP contribution in [0.2, 0.25) is 0 Å². The van der Waals surface area contributed by atoms with Crippen LogP contribution in [-0.4, -0.2) is 33.0 Å². The van der Waals surface area contributed by atoms with E-state index in [1.54, 1.807) is 4.68 Å². The quantitative estimate of drug-likeness (QED) is 0.841. The van der Waals surface area contributed by atoms with Crippen molar-refractivity contribution >= 4 is 34.2 Å². The molecule has 0 radical (unpaired) electrons. The van der Waals surface area contributed by atoms with Crippen LogP contribution in [0.4, 0.5) is 0 Å². The zero-order valence-corrected chi connectivity index (χ0v) is 15.0. The largest absolute Gasteiger partial charge is 0.349 e. The van der Waals surface area contributed by atoms with Crippen molar-refractivity contribution < 1.29 is 4.79 Å². The number of nitrogens with zero attached hydrogens (tertiary/aromatic N) is 3. The lowest BCUT2D eigenvalue weighted by Crippen LogP contribution is -2.45. The first-order chi connectivity index (χ1) is 9.78. The number of carbonyl (C=O) groups is 1. The highest BCUT2D eigenvalue weighted by Crippen LogP contribution is 2.17. The Bertz CT molecular complexity index is 665. The second-order valence-corrected chi connectivity index (χ2v) is 6.50. The number of amides is 1. The van der Waals surface area contributed by atoms with Crippen LogP contribution in [0.25, 0.3) is 5.69 Å². The smallest absolute Gasteiger partial charge is 0.273 e. The molecule has 0 unspecified atom stereocenters. The standard InChI is InChI=1S/C14H18BrN5O.ClH/c1-9-12(13(21)17-8-14(2,3)16)18-19-20(9)11-6-4-5-10(15)7-11;/h4-7H,8,16H2,1-3H3,(H,17,21);1H. The number of aromatic nitrogens is 3. The summed E-state index contributed by atoms with van der Waals surface area (Å²) in [5, 5.41) is 10.8. The second-order valence-electron chi connectivity index (χ2n) is 5.59. The summed E-state index contributed by atoms with van der Waals surface area (Å²) in [7, 11) is 0. The molecule has 120 valence electrons. The maximum atomic E-state index is 12.1. The fourth-order valence-electron chi connectivity index (χ4n) is 1.78. The Labute approximate surface area is 144 Å². The normalized spacial score (nSPS) is 11.0. The molecular weight excluding hydrogens is 370 g/mol. The van der Waals surface area contributed by atoms with Gasteiger partial charge >= 0.3 is 0 Å². The van der Waals surface area contributed by atoms with Crippen molar-refractivity contribution in [3.05, 3.63) is 40.1 Å². The number of carbonyl (C=O) groups excluding carboxylic acids is 1. The Morgan fingerprint density at radius 1 is 1.45 bits per heavy atom. The molecule has 2 aromatic rings. The van der Waals surface area contributed by atoms with Crippen LogP contribution in [-0.2, 0) is 0 Å². The average molecular weight is 389 g/mol. The third-order valence-corrected chi connectivity index (χ3v) is 3.36. The number of nitrogens with two attached hydrogens (primary N) is 1. The Morgan fingerprint density at radius 2 is 2.14 bits per heavy atom. The summed E-state index contributed by atoms with van der Waals surface area (Å²) >= 11 is 3.41. The van der Waals surface area contributed by atoms with E-state index in [-0.39, 0.29) is 18.3 Å². The fourth-order valence-corrected chi connectivity index (χ4v) is 2.17. The highest BCUT2D eigenvalue weighted by Gasteiger charge is 2.19. The number of halogens is 2. The van der Waals surface area contributed by atoms with Gasteiger partial charge in [-0.05, 0) is 39.0 Å². The number of benzene rings is 1. The minimum Gasteiger partial charge on any atom is -0.349 e. The van der Waals surface area contributed by atoms with Crippen LogP contribution in [0.5, 0.6) is 0 Å². The molecule has 0 bridgehead atoms. The monoisotopic (exact) mass is 387 g/mol. The zero-order valence-electron chi connectivity index (χ0n) is 12.6. The van der Waals surface area contributed by atoms with Crippen molar-refractivity contribution in [2.75, 3.05) is 6.54 Å². The van der Waals surface area contributed by atoms with Gasteiger partial charge in [0, 0.05) is 16.6 Å². The summed E-state index contributed by atoms with van der Waals surface area (Å²) in [5.74, 6) is -0.271. The predicted molar refractivity (Wildman–Crippen MR) is 91.6 cm³/mol. The van der Waals surface area contributed by atoms with Gasteiger partial charge in [-0.25, -0.2) is 4.68 Å². The molecule has 1 aromatic heterocycles. The molecule has 0 atom stereocenters. The third kappa shape index (κ3) is 4.53. The molecule has 6 nitrogen and oxygen atoms in total. The van der Waals surface area contributed by atoms with Gasteiger partial charge in [0.1, 0.15) is 0 Å². The van der Waals surface area contributed by atoms with E-state index >= 15 is 0 Å². The third-order valence-electron chi connectivity index (χ3n) is 2.87. The van der Waals surface area contributed by atoms with Crippen molar-refractivity contribution in [1.82, 2.24) is 20.3 Å². The molecule has 0 aliphatic heterocycles. The first-order valence-corrected chi connectivity index (χ1v) is 7.32. The first kappa shape index (κ1) is 18.6. The Kier molecular flexibility index (Phi) is 6.10. The molecule has 0 fully saturated rings. The summed E-state index contributed by atoms with van der Waals surface area (Å²) in [6, 6.07) is 7.63. The lowest BCUT2D eigenvalue weighted by molar-refractivity contribution is 0.0940. The topological polar surface area (TPSA) is 85.8 Å². The average Bonchev–Trinajstić information content (AvgIpc) is 2.77. The Morgan fingerprint density at radius 3 is 2.73 bits per heavy atom. The summed E-state index contributed by atoms with van der Waals surface area (Å²) in [4.78, 5) is 12.1. The summed E-state index contributed by atoms with van der Waals surface area (Å²) in [6.45, 7) is 5.87. The van der Waals surface area contributed by atoms with Crippen molar-refractivity contribution in [2.24, 2.45) is 5.73 Å². The number of hydrogen-bond acceptors (Lipinski definition) is 4. The van der Waals surface area contributed by atoms with E-state index in [4.69, 9.17) is 5.73 Å².